The molecular weight excluding hydrogens is 635 g/mol. The van der Waals surface area contributed by atoms with Crippen molar-refractivity contribution < 1.29 is 17.9 Å². The monoisotopic (exact) mass is 679 g/mol. The summed E-state index contributed by atoms with van der Waals surface area (Å²) >= 11 is 0. The molecule has 4 bridgehead atoms. The van der Waals surface area contributed by atoms with Crippen molar-refractivity contribution >= 4 is 21.9 Å². The second-order valence-electron chi connectivity index (χ2n) is 15.5. The molecule has 2 fully saturated rings. The summed E-state index contributed by atoms with van der Waals surface area (Å²) in [5.41, 5.74) is 6.12. The number of sulfonamides is 1. The Balaban J connectivity index is 1.27. The number of amides is 1. The van der Waals surface area contributed by atoms with E-state index in [-0.39, 0.29) is 52.8 Å². The second-order valence-corrected chi connectivity index (χ2v) is 17.2. The maximum Gasteiger partial charge on any atom is 0.264 e. The molecule has 2 saturated carbocycles. The van der Waals surface area contributed by atoms with Crippen molar-refractivity contribution in [2.24, 2.45) is 10.8 Å². The van der Waals surface area contributed by atoms with Crippen LogP contribution in [-0.2, 0) is 16.6 Å². The zero-order valence-electron chi connectivity index (χ0n) is 29.0. The predicted octanol–water partition coefficient (Wildman–Crippen LogP) is 7.84. The van der Waals surface area contributed by atoms with Gasteiger partial charge in [0.1, 0.15) is 6.61 Å². The smallest absolute Gasteiger partial charge is 0.264 e. The van der Waals surface area contributed by atoms with Gasteiger partial charge >= 0.3 is 0 Å². The Labute approximate surface area is 289 Å². The molecule has 1 amide bonds. The van der Waals surface area contributed by atoms with E-state index in [1.165, 1.54) is 49.8 Å². The van der Waals surface area contributed by atoms with Crippen LogP contribution in [0.2, 0.25) is 0 Å². The van der Waals surface area contributed by atoms with Gasteiger partial charge in [-0.2, -0.15) is 4.98 Å². The molecule has 10 heteroatoms. The summed E-state index contributed by atoms with van der Waals surface area (Å²) in [5, 5.41) is 0. The molecule has 0 saturated heterocycles. The van der Waals surface area contributed by atoms with Crippen LogP contribution < -0.4 is 9.46 Å². The first-order valence-corrected chi connectivity index (χ1v) is 18.7. The lowest BCUT2D eigenvalue weighted by molar-refractivity contribution is 0.00887. The van der Waals surface area contributed by atoms with E-state index in [9.17, 15) is 13.2 Å². The van der Waals surface area contributed by atoms with Gasteiger partial charge in [0.2, 0.25) is 11.8 Å². The van der Waals surface area contributed by atoms with E-state index in [2.05, 4.69) is 41.5 Å². The number of nitrogens with one attached hydrogen (secondary N) is 1. The maximum atomic E-state index is 14.5. The van der Waals surface area contributed by atoms with Crippen LogP contribution in [0, 0.1) is 24.7 Å². The molecule has 7 rings (SSSR count). The molecule has 1 atom stereocenters. The van der Waals surface area contributed by atoms with Crippen molar-refractivity contribution in [3.05, 3.63) is 94.8 Å². The number of hydrogen-bond donors (Lipinski definition) is 1. The largest absolute Gasteiger partial charge is 0.475 e. The summed E-state index contributed by atoms with van der Waals surface area (Å²) < 4.78 is 36.4. The zero-order valence-corrected chi connectivity index (χ0v) is 29.8. The summed E-state index contributed by atoms with van der Waals surface area (Å²) in [6.45, 7) is 10.8. The summed E-state index contributed by atoms with van der Waals surface area (Å²) in [7, 11) is -4.15. The summed E-state index contributed by atoms with van der Waals surface area (Å²) in [4.78, 5) is 30.2. The number of benzene rings is 2. The first kappa shape index (κ1) is 33.2. The molecule has 256 valence electrons. The van der Waals surface area contributed by atoms with Crippen LogP contribution >= 0.6 is 0 Å². The topological polar surface area (TPSA) is 114 Å². The lowest BCUT2D eigenvalue weighted by atomic mass is 9.51. The van der Waals surface area contributed by atoms with Gasteiger partial charge in [0.15, 0.2) is 0 Å². The normalized spacial score (nSPS) is 20.1. The van der Waals surface area contributed by atoms with Gasteiger partial charge in [-0.15, -0.1) is 0 Å². The fourth-order valence-corrected chi connectivity index (χ4v) is 8.79. The molecule has 2 aromatic heterocycles. The first-order chi connectivity index (χ1) is 23.3. The van der Waals surface area contributed by atoms with Gasteiger partial charge in [0.05, 0.1) is 28.9 Å². The molecule has 2 aromatic carbocycles. The number of pyridine rings is 1. The molecule has 1 N–H and O–H groups in total. The molecule has 1 aliphatic heterocycles. The van der Waals surface area contributed by atoms with Crippen molar-refractivity contribution in [3.8, 4) is 17.1 Å². The SMILES string of the molecule is Cc1cccc(C)c1-c1cc2nc(n1)NS(=O)(=O)c1cccc(c1)C(=O)N(Cc1ccc(C3CC4(CCC4)C3)cn1)[C@H](CC(C)(C)C)CO2. The fourth-order valence-electron chi connectivity index (χ4n) is 7.80. The van der Waals surface area contributed by atoms with Crippen LogP contribution in [0.25, 0.3) is 11.3 Å². The van der Waals surface area contributed by atoms with Gasteiger partial charge in [0, 0.05) is 23.4 Å². The Morgan fingerprint density at radius 3 is 2.37 bits per heavy atom. The lowest BCUT2D eigenvalue weighted by Crippen LogP contribution is -2.45. The minimum absolute atomic E-state index is 0.0549. The third-order valence-electron chi connectivity index (χ3n) is 10.5. The van der Waals surface area contributed by atoms with Gasteiger partial charge in [-0.05, 0) is 104 Å². The molecule has 1 spiro atoms. The minimum Gasteiger partial charge on any atom is -0.475 e. The molecule has 49 heavy (non-hydrogen) atoms. The Kier molecular flexibility index (Phi) is 8.49. The third kappa shape index (κ3) is 6.93. The Bertz CT molecular complexity index is 1970. The highest BCUT2D eigenvalue weighted by Gasteiger charge is 2.48. The number of ether oxygens (including phenoxy) is 1. The number of carbonyl (C=O) groups is 1. The second kappa shape index (κ2) is 12.5. The minimum atomic E-state index is -4.15. The van der Waals surface area contributed by atoms with Crippen molar-refractivity contribution in [3.63, 3.8) is 0 Å². The van der Waals surface area contributed by atoms with Gasteiger partial charge in [-0.3, -0.25) is 9.78 Å². The van der Waals surface area contributed by atoms with E-state index in [4.69, 9.17) is 9.72 Å². The zero-order chi connectivity index (χ0) is 34.6. The van der Waals surface area contributed by atoms with E-state index in [0.717, 1.165) is 22.4 Å². The Hall–Kier alpha value is -4.31. The van der Waals surface area contributed by atoms with Crippen LogP contribution in [0.3, 0.4) is 0 Å². The van der Waals surface area contributed by atoms with E-state index >= 15 is 0 Å². The standard InChI is InChI=1S/C39H45N5O4S/c1-25-9-6-10-26(2)35(25)33-18-34-42-37(41-33)43-49(46,47)32-12-7-11-27(17-32)36(45)44(31(24-48-34)21-38(3,4)5)23-30-14-13-28(22-40-30)29-19-39(20-29)15-8-16-39/h6-7,9-14,17-18,22,29,31H,8,15-16,19-21,23-24H2,1-5H3,(H,41,42,43)/t31-/m1/s1. The maximum absolute atomic E-state index is 14.5. The molecular formula is C39H45N5O4S. The lowest BCUT2D eigenvalue weighted by Gasteiger charge is -2.54. The van der Waals surface area contributed by atoms with Gasteiger partial charge < -0.3 is 9.64 Å². The van der Waals surface area contributed by atoms with Crippen molar-refractivity contribution in [2.45, 2.75) is 96.5 Å². The van der Waals surface area contributed by atoms with Crippen molar-refractivity contribution in [1.82, 2.24) is 19.9 Å². The van der Waals surface area contributed by atoms with E-state index in [0.29, 0.717) is 23.4 Å². The fraction of sp³-hybridized carbons (Fsp3) is 0.436. The van der Waals surface area contributed by atoms with E-state index in [1.807, 2.05) is 44.3 Å². The first-order valence-electron chi connectivity index (χ1n) is 17.2. The van der Waals surface area contributed by atoms with Crippen LogP contribution in [0.15, 0.2) is 71.8 Å². The number of aryl methyl sites for hydroxylation is 2. The highest BCUT2D eigenvalue weighted by molar-refractivity contribution is 7.92. The number of aromatic nitrogens is 3. The molecule has 9 nitrogen and oxygen atoms in total. The highest BCUT2D eigenvalue weighted by Crippen LogP contribution is 2.61. The number of hydrogen-bond acceptors (Lipinski definition) is 7. The van der Waals surface area contributed by atoms with Crippen LogP contribution in [0.1, 0.15) is 98.0 Å². The van der Waals surface area contributed by atoms with Crippen molar-refractivity contribution in [2.75, 3.05) is 11.3 Å². The van der Waals surface area contributed by atoms with Gasteiger partial charge in [-0.1, -0.05) is 57.5 Å². The number of anilines is 1. The third-order valence-corrected chi connectivity index (χ3v) is 11.8. The predicted molar refractivity (Wildman–Crippen MR) is 190 cm³/mol. The quantitative estimate of drug-likeness (QED) is 0.229. The van der Waals surface area contributed by atoms with E-state index < -0.39 is 10.0 Å². The molecule has 3 aliphatic rings. The number of carbonyl (C=O) groups excluding carboxylic acids is 1. The average molecular weight is 680 g/mol. The summed E-state index contributed by atoms with van der Waals surface area (Å²) in [6, 6.07) is 17.6. The molecule has 4 aromatic rings. The van der Waals surface area contributed by atoms with Gasteiger partial charge in [0.25, 0.3) is 15.9 Å². The molecule has 3 heterocycles. The van der Waals surface area contributed by atoms with Crippen LogP contribution in [-0.4, -0.2) is 46.8 Å². The molecule has 0 unspecified atom stereocenters. The van der Waals surface area contributed by atoms with E-state index in [1.54, 1.807) is 23.1 Å². The molecule has 0 radical (unpaired) electrons. The van der Waals surface area contributed by atoms with Crippen LogP contribution in [0.4, 0.5) is 5.95 Å². The number of nitrogens with zero attached hydrogens (tertiary/aromatic N) is 4. The number of rotatable bonds is 5. The highest BCUT2D eigenvalue weighted by atomic mass is 32.2. The summed E-state index contributed by atoms with van der Waals surface area (Å²) in [6.07, 6.45) is 9.14. The van der Waals surface area contributed by atoms with Crippen LogP contribution in [0.5, 0.6) is 5.88 Å². The Morgan fingerprint density at radius 2 is 1.71 bits per heavy atom. The average Bonchev–Trinajstić information content (AvgIpc) is 3.00. The summed E-state index contributed by atoms with van der Waals surface area (Å²) in [5.74, 6) is 0.379. The van der Waals surface area contributed by atoms with Crippen molar-refractivity contribution in [1.29, 1.82) is 0 Å². The Morgan fingerprint density at radius 1 is 0.980 bits per heavy atom. The molecule has 2 aliphatic carbocycles. The van der Waals surface area contributed by atoms with Gasteiger partial charge in [-0.25, -0.2) is 18.1 Å². The number of fused-ring (bicyclic) bond motifs is 4.